The van der Waals surface area contributed by atoms with Gasteiger partial charge in [0.05, 0.1) is 25.3 Å². The molecule has 3 rings (SSSR count). The molecule has 258 valence electrons. The van der Waals surface area contributed by atoms with Crippen molar-refractivity contribution in [1.29, 1.82) is 0 Å². The summed E-state index contributed by atoms with van der Waals surface area (Å²) in [6.07, 6.45) is -22.7. The highest BCUT2D eigenvalue weighted by Crippen LogP contribution is 2.32. The first-order valence-electron chi connectivity index (χ1n) is 14.3. The lowest BCUT2D eigenvalue weighted by molar-refractivity contribution is -0.333. The van der Waals surface area contributed by atoms with E-state index in [4.69, 9.17) is 41.3 Å². The first-order valence-corrected chi connectivity index (χ1v) is 14.3. The van der Waals surface area contributed by atoms with Crippen LogP contribution in [0.5, 0.6) is 0 Å². The number of nitrogens with two attached hydrogens (primary N) is 3. The van der Waals surface area contributed by atoms with Gasteiger partial charge in [-0.15, -0.1) is 0 Å². The summed E-state index contributed by atoms with van der Waals surface area (Å²) in [5.41, 5.74) is 17.5. The fraction of sp³-hybridized carbons (Fsp3) is 0.958. The Hall–Kier alpha value is -1.25. The lowest BCUT2D eigenvalue weighted by atomic mass is 9.83. The molecule has 0 aromatic rings. The second kappa shape index (κ2) is 16.5. The number of aliphatic hydroxyl groups excluding tert-OH is 10. The van der Waals surface area contributed by atoms with Gasteiger partial charge >= 0.3 is 0 Å². The molecule has 18 N–H and O–H groups in total. The number of carbonyl (C=O) groups excluding carboxylic acids is 1. The van der Waals surface area contributed by atoms with Gasteiger partial charge in [-0.25, -0.2) is 0 Å². The maximum Gasteiger partial charge on any atom is 0.251 e. The molecule has 0 spiro atoms. The van der Waals surface area contributed by atoms with Crippen molar-refractivity contribution >= 4 is 5.91 Å². The van der Waals surface area contributed by atoms with Crippen molar-refractivity contribution in [2.45, 2.75) is 110 Å². The normalized spacial score (nSPS) is 44.6. The quantitative estimate of drug-likeness (QED) is 0.0826. The lowest BCUT2D eigenvalue weighted by Crippen LogP contribution is -2.69. The molecule has 0 aromatic carbocycles. The standard InChI is InChI=1S/C24H47N5O15/c25-4-9(32)13(33)22(40)29-8-3-7(26)20(43-24-18(38)17(37)15(35)10(41-24)5-28-1-2-30)19(39)21(8)44-23-16(36)12(27)14(34)11(6-31)42-23/h7-21,23-24,28,30-39H,1-6,25-27H2,(H,29,40). The molecule has 44 heavy (non-hydrogen) atoms. The topological polar surface area (TPSA) is 358 Å². The van der Waals surface area contributed by atoms with Gasteiger partial charge in [0.2, 0.25) is 0 Å². The highest BCUT2D eigenvalue weighted by Gasteiger charge is 2.52. The predicted molar refractivity (Wildman–Crippen MR) is 144 cm³/mol. The van der Waals surface area contributed by atoms with E-state index in [2.05, 4.69) is 10.6 Å². The van der Waals surface area contributed by atoms with Crippen LogP contribution in [0.4, 0.5) is 0 Å². The Morgan fingerprint density at radius 2 is 1.45 bits per heavy atom. The average Bonchev–Trinajstić information content (AvgIpc) is 3.00. The van der Waals surface area contributed by atoms with Gasteiger partial charge in [-0.3, -0.25) is 4.79 Å². The van der Waals surface area contributed by atoms with E-state index in [1.165, 1.54) is 0 Å². The SMILES string of the molecule is NCC(O)C(O)C(=O)NC1CC(N)C(OC2OC(CNCCO)C(O)C(O)C2O)C(O)C1OC1OC(CO)C(O)C(N)C1O. The van der Waals surface area contributed by atoms with E-state index < -0.39 is 123 Å². The Morgan fingerprint density at radius 1 is 0.841 bits per heavy atom. The number of rotatable bonds is 13. The van der Waals surface area contributed by atoms with Gasteiger partial charge in [-0.1, -0.05) is 0 Å². The van der Waals surface area contributed by atoms with Gasteiger partial charge in [0, 0.05) is 25.7 Å². The van der Waals surface area contributed by atoms with Gasteiger partial charge in [-0.05, 0) is 6.42 Å². The van der Waals surface area contributed by atoms with Crippen molar-refractivity contribution in [2.24, 2.45) is 17.2 Å². The van der Waals surface area contributed by atoms with Crippen molar-refractivity contribution in [2.75, 3.05) is 32.8 Å². The molecule has 3 fully saturated rings. The van der Waals surface area contributed by atoms with Crippen molar-refractivity contribution in [3.63, 3.8) is 0 Å². The number of hydrogen-bond acceptors (Lipinski definition) is 19. The summed E-state index contributed by atoms with van der Waals surface area (Å²) < 4.78 is 22.7. The van der Waals surface area contributed by atoms with Crippen LogP contribution >= 0.6 is 0 Å². The van der Waals surface area contributed by atoms with Crippen LogP contribution in [0.15, 0.2) is 0 Å². The van der Waals surface area contributed by atoms with Crippen LogP contribution in [0, 0.1) is 0 Å². The highest BCUT2D eigenvalue weighted by atomic mass is 16.7. The second-order valence-electron chi connectivity index (χ2n) is 11.2. The minimum absolute atomic E-state index is 0.0590. The van der Waals surface area contributed by atoms with Crippen LogP contribution in [-0.2, 0) is 23.7 Å². The molecule has 17 atom stereocenters. The third-order valence-corrected chi connectivity index (χ3v) is 8.04. The van der Waals surface area contributed by atoms with Crippen LogP contribution in [0.3, 0.4) is 0 Å². The molecule has 17 unspecified atom stereocenters. The van der Waals surface area contributed by atoms with Crippen molar-refractivity contribution in [3.05, 3.63) is 0 Å². The zero-order valence-corrected chi connectivity index (χ0v) is 23.8. The van der Waals surface area contributed by atoms with E-state index in [0.717, 1.165) is 0 Å². The number of carbonyl (C=O) groups is 1. The maximum atomic E-state index is 12.7. The summed E-state index contributed by atoms with van der Waals surface area (Å²) in [6.45, 7) is -1.31. The third kappa shape index (κ3) is 8.36. The lowest BCUT2D eigenvalue weighted by Gasteiger charge is -2.49. The molecule has 0 radical (unpaired) electrons. The minimum atomic E-state index is -1.98. The highest BCUT2D eigenvalue weighted by molar-refractivity contribution is 5.81. The molecule has 1 amide bonds. The predicted octanol–water partition coefficient (Wildman–Crippen LogP) is -9.83. The van der Waals surface area contributed by atoms with Crippen LogP contribution in [0.25, 0.3) is 0 Å². The molecule has 20 nitrogen and oxygen atoms in total. The van der Waals surface area contributed by atoms with Crippen molar-refractivity contribution in [3.8, 4) is 0 Å². The molecular formula is C24H47N5O15. The van der Waals surface area contributed by atoms with E-state index >= 15 is 0 Å². The fourth-order valence-electron chi connectivity index (χ4n) is 5.37. The maximum absolute atomic E-state index is 12.7. The monoisotopic (exact) mass is 645 g/mol. The fourth-order valence-corrected chi connectivity index (χ4v) is 5.37. The zero-order chi connectivity index (χ0) is 32.9. The smallest absolute Gasteiger partial charge is 0.251 e. The summed E-state index contributed by atoms with van der Waals surface area (Å²) in [5.74, 6) is -1.10. The largest absolute Gasteiger partial charge is 0.395 e. The number of hydrogen-bond donors (Lipinski definition) is 15. The Labute approximate surface area is 252 Å². The first kappa shape index (κ1) is 37.2. The summed E-state index contributed by atoms with van der Waals surface area (Å²) in [4.78, 5) is 12.7. The van der Waals surface area contributed by atoms with E-state index in [0.29, 0.717) is 0 Å². The Bertz CT molecular complexity index is 897. The van der Waals surface area contributed by atoms with Crippen molar-refractivity contribution < 1.29 is 74.8 Å². The minimum Gasteiger partial charge on any atom is -0.395 e. The molecule has 2 heterocycles. The van der Waals surface area contributed by atoms with Crippen LogP contribution in [0.2, 0.25) is 0 Å². The van der Waals surface area contributed by atoms with Crippen LogP contribution in [-0.4, -0.2) is 194 Å². The number of ether oxygens (including phenoxy) is 4. The Morgan fingerprint density at radius 3 is 2.07 bits per heavy atom. The molecule has 20 heteroatoms. The third-order valence-electron chi connectivity index (χ3n) is 8.04. The van der Waals surface area contributed by atoms with Crippen LogP contribution in [0.1, 0.15) is 6.42 Å². The molecular weight excluding hydrogens is 598 g/mol. The van der Waals surface area contributed by atoms with E-state index in [-0.39, 0.29) is 26.1 Å². The summed E-state index contributed by atoms with van der Waals surface area (Å²) >= 11 is 0. The van der Waals surface area contributed by atoms with Gasteiger partial charge in [0.15, 0.2) is 18.7 Å². The summed E-state index contributed by atoms with van der Waals surface area (Å²) in [5, 5.41) is 107. The number of aliphatic hydroxyl groups is 10. The number of amides is 1. The Kier molecular flexibility index (Phi) is 14.0. The zero-order valence-electron chi connectivity index (χ0n) is 23.8. The van der Waals surface area contributed by atoms with E-state index in [1.807, 2.05) is 0 Å². The molecule has 3 aliphatic rings. The summed E-state index contributed by atoms with van der Waals surface area (Å²) in [6, 6.07) is -3.73. The molecule has 1 saturated carbocycles. The van der Waals surface area contributed by atoms with Crippen molar-refractivity contribution in [1.82, 2.24) is 10.6 Å². The van der Waals surface area contributed by atoms with Gasteiger partial charge in [0.1, 0.15) is 67.1 Å². The van der Waals surface area contributed by atoms with Gasteiger partial charge < -0.3 is 97.8 Å². The summed E-state index contributed by atoms with van der Waals surface area (Å²) in [7, 11) is 0. The van der Waals surface area contributed by atoms with E-state index in [1.54, 1.807) is 0 Å². The second-order valence-corrected chi connectivity index (χ2v) is 11.2. The Balaban J connectivity index is 1.85. The van der Waals surface area contributed by atoms with E-state index in [9.17, 15) is 50.8 Å². The molecule has 0 aromatic heterocycles. The van der Waals surface area contributed by atoms with Gasteiger partial charge in [0.25, 0.3) is 5.91 Å². The molecule has 2 aliphatic heterocycles. The first-order chi connectivity index (χ1) is 20.8. The molecule has 2 saturated heterocycles. The van der Waals surface area contributed by atoms with Gasteiger partial charge in [-0.2, -0.15) is 0 Å². The number of nitrogens with one attached hydrogen (secondary N) is 2. The molecule has 0 bridgehead atoms. The molecule has 1 aliphatic carbocycles. The van der Waals surface area contributed by atoms with Crippen LogP contribution < -0.4 is 27.8 Å². The average molecular weight is 646 g/mol.